The fourth-order valence-electron chi connectivity index (χ4n) is 2.13. The number of carbonyl (C=O) groups is 1. The fraction of sp³-hybridized carbons (Fsp3) is 0.125. The predicted molar refractivity (Wildman–Crippen MR) is 84.5 cm³/mol. The number of hydrogen-bond acceptors (Lipinski definition) is 6. The Kier molecular flexibility index (Phi) is 4.19. The summed E-state index contributed by atoms with van der Waals surface area (Å²) in [6.07, 6.45) is 1.60. The van der Waals surface area contributed by atoms with E-state index >= 15 is 0 Å². The van der Waals surface area contributed by atoms with Crippen molar-refractivity contribution in [3.05, 3.63) is 59.4 Å². The van der Waals surface area contributed by atoms with Crippen molar-refractivity contribution in [2.45, 2.75) is 13.5 Å². The molecule has 24 heavy (non-hydrogen) atoms. The summed E-state index contributed by atoms with van der Waals surface area (Å²) in [5.74, 6) is -0.318. The Morgan fingerprint density at radius 2 is 2.17 bits per heavy atom. The minimum absolute atomic E-state index is 0.0451. The Bertz CT molecular complexity index is 894. The molecule has 7 nitrogen and oxygen atoms in total. The molecule has 0 saturated carbocycles. The highest BCUT2D eigenvalue weighted by atomic mass is 19.1. The molecule has 0 atom stereocenters. The number of primary amides is 1. The number of nitrogens with zero attached hydrogens (tertiary/aromatic N) is 3. The molecule has 2 aromatic heterocycles. The molecule has 0 aliphatic rings. The summed E-state index contributed by atoms with van der Waals surface area (Å²) in [5.41, 5.74) is 6.80. The van der Waals surface area contributed by atoms with Crippen LogP contribution in [-0.2, 0) is 6.54 Å². The Morgan fingerprint density at radius 1 is 1.38 bits per heavy atom. The normalized spacial score (nSPS) is 10.6. The third-order valence-electron chi connectivity index (χ3n) is 3.33. The molecule has 0 bridgehead atoms. The molecule has 2 heterocycles. The van der Waals surface area contributed by atoms with Crippen LogP contribution in [0.25, 0.3) is 11.3 Å². The minimum atomic E-state index is -0.668. The van der Waals surface area contributed by atoms with E-state index in [4.69, 9.17) is 10.3 Å². The number of nitrogens with two attached hydrogens (primary N) is 1. The third kappa shape index (κ3) is 3.22. The standard InChI is InChI=1S/C16H14FN5O2/c1-9-7-19-16(20-8-10-6-13(15(18)23)22-24-10)21-14(9)11-4-2-3-5-12(11)17/h2-7H,8H2,1H3,(H2,18,23)(H,19,20,21). The first-order chi connectivity index (χ1) is 11.5. The molecule has 8 heteroatoms. The zero-order chi connectivity index (χ0) is 17.1. The summed E-state index contributed by atoms with van der Waals surface area (Å²) in [4.78, 5) is 19.5. The van der Waals surface area contributed by atoms with Gasteiger partial charge < -0.3 is 15.6 Å². The molecule has 0 fully saturated rings. The monoisotopic (exact) mass is 327 g/mol. The zero-order valence-corrected chi connectivity index (χ0v) is 12.8. The van der Waals surface area contributed by atoms with E-state index < -0.39 is 5.91 Å². The summed E-state index contributed by atoms with van der Waals surface area (Å²) in [6.45, 7) is 2.02. The van der Waals surface area contributed by atoms with Crippen molar-refractivity contribution in [3.8, 4) is 11.3 Å². The summed E-state index contributed by atoms with van der Waals surface area (Å²) in [5, 5.41) is 6.48. The van der Waals surface area contributed by atoms with Crippen LogP contribution in [0.15, 0.2) is 41.1 Å². The van der Waals surface area contributed by atoms with Gasteiger partial charge in [-0.05, 0) is 24.6 Å². The number of halogens is 1. The molecule has 0 spiro atoms. The van der Waals surface area contributed by atoms with Gasteiger partial charge in [0.2, 0.25) is 5.95 Å². The summed E-state index contributed by atoms with van der Waals surface area (Å²) in [7, 11) is 0. The van der Waals surface area contributed by atoms with Gasteiger partial charge in [-0.1, -0.05) is 17.3 Å². The van der Waals surface area contributed by atoms with Gasteiger partial charge in [-0.25, -0.2) is 14.4 Å². The second-order valence-electron chi connectivity index (χ2n) is 5.10. The van der Waals surface area contributed by atoms with Gasteiger partial charge in [0.05, 0.1) is 12.2 Å². The largest absolute Gasteiger partial charge is 0.364 e. The van der Waals surface area contributed by atoms with Gasteiger partial charge in [0.25, 0.3) is 5.91 Å². The first-order valence-corrected chi connectivity index (χ1v) is 7.12. The van der Waals surface area contributed by atoms with E-state index in [9.17, 15) is 9.18 Å². The van der Waals surface area contributed by atoms with Crippen LogP contribution in [0.2, 0.25) is 0 Å². The number of aromatic nitrogens is 3. The molecular formula is C16H14FN5O2. The van der Waals surface area contributed by atoms with Crippen molar-refractivity contribution in [1.29, 1.82) is 0 Å². The molecule has 0 radical (unpaired) electrons. The number of anilines is 1. The summed E-state index contributed by atoms with van der Waals surface area (Å²) in [6, 6.07) is 7.83. The SMILES string of the molecule is Cc1cnc(NCc2cc(C(N)=O)no2)nc1-c1ccccc1F. The predicted octanol–water partition coefficient (Wildman–Crippen LogP) is 2.29. The number of hydrogen-bond donors (Lipinski definition) is 2. The van der Waals surface area contributed by atoms with Gasteiger partial charge >= 0.3 is 0 Å². The van der Waals surface area contributed by atoms with Crippen LogP contribution in [0, 0.1) is 12.7 Å². The number of aryl methyl sites for hydroxylation is 1. The van der Waals surface area contributed by atoms with Crippen LogP contribution < -0.4 is 11.1 Å². The van der Waals surface area contributed by atoms with Gasteiger partial charge in [-0.15, -0.1) is 0 Å². The molecule has 0 aliphatic carbocycles. The number of carbonyl (C=O) groups excluding carboxylic acids is 1. The van der Waals surface area contributed by atoms with Gasteiger partial charge in [0, 0.05) is 17.8 Å². The molecule has 0 unspecified atom stereocenters. The van der Waals surface area contributed by atoms with Gasteiger partial charge in [-0.3, -0.25) is 4.79 Å². The summed E-state index contributed by atoms with van der Waals surface area (Å²) < 4.78 is 18.9. The second kappa shape index (κ2) is 6.45. The smallest absolute Gasteiger partial charge is 0.270 e. The van der Waals surface area contributed by atoms with E-state index in [0.717, 1.165) is 5.56 Å². The first kappa shape index (κ1) is 15.6. The maximum absolute atomic E-state index is 14.0. The zero-order valence-electron chi connectivity index (χ0n) is 12.8. The maximum atomic E-state index is 14.0. The Balaban J connectivity index is 1.81. The Labute approximate surface area is 136 Å². The Morgan fingerprint density at radius 3 is 2.88 bits per heavy atom. The van der Waals surface area contributed by atoms with E-state index in [2.05, 4.69) is 20.4 Å². The second-order valence-corrected chi connectivity index (χ2v) is 5.10. The van der Waals surface area contributed by atoms with Gasteiger partial charge in [0.15, 0.2) is 11.5 Å². The Hall–Kier alpha value is -3.29. The van der Waals surface area contributed by atoms with Crippen LogP contribution >= 0.6 is 0 Å². The molecule has 122 valence electrons. The molecule has 1 amide bonds. The third-order valence-corrected chi connectivity index (χ3v) is 3.33. The van der Waals surface area contributed by atoms with Crippen molar-refractivity contribution in [1.82, 2.24) is 15.1 Å². The number of nitrogens with one attached hydrogen (secondary N) is 1. The minimum Gasteiger partial charge on any atom is -0.364 e. The molecule has 3 N–H and O–H groups in total. The average molecular weight is 327 g/mol. The number of amides is 1. The topological polar surface area (TPSA) is 107 Å². The van der Waals surface area contributed by atoms with E-state index in [0.29, 0.717) is 23.0 Å². The van der Waals surface area contributed by atoms with Gasteiger partial charge in [0.1, 0.15) is 5.82 Å². The lowest BCUT2D eigenvalue weighted by Crippen LogP contribution is -2.10. The number of rotatable bonds is 5. The molecular weight excluding hydrogens is 313 g/mol. The molecule has 3 aromatic rings. The van der Waals surface area contributed by atoms with Crippen molar-refractivity contribution in [2.24, 2.45) is 5.73 Å². The van der Waals surface area contributed by atoms with Crippen LogP contribution in [0.1, 0.15) is 21.8 Å². The average Bonchev–Trinajstić information content (AvgIpc) is 3.04. The van der Waals surface area contributed by atoms with Crippen LogP contribution in [-0.4, -0.2) is 21.0 Å². The van der Waals surface area contributed by atoms with Crippen molar-refractivity contribution >= 4 is 11.9 Å². The van der Waals surface area contributed by atoms with Crippen molar-refractivity contribution in [2.75, 3.05) is 5.32 Å². The van der Waals surface area contributed by atoms with Crippen LogP contribution in [0.5, 0.6) is 0 Å². The summed E-state index contributed by atoms with van der Waals surface area (Å²) >= 11 is 0. The molecule has 1 aromatic carbocycles. The molecule has 0 saturated heterocycles. The number of benzene rings is 1. The lowest BCUT2D eigenvalue weighted by Gasteiger charge is -2.09. The van der Waals surface area contributed by atoms with Crippen molar-refractivity contribution < 1.29 is 13.7 Å². The molecule has 3 rings (SSSR count). The maximum Gasteiger partial charge on any atom is 0.270 e. The van der Waals surface area contributed by atoms with Crippen LogP contribution in [0.3, 0.4) is 0 Å². The van der Waals surface area contributed by atoms with E-state index in [1.165, 1.54) is 12.1 Å². The van der Waals surface area contributed by atoms with Gasteiger partial charge in [-0.2, -0.15) is 0 Å². The van der Waals surface area contributed by atoms with Crippen molar-refractivity contribution in [3.63, 3.8) is 0 Å². The first-order valence-electron chi connectivity index (χ1n) is 7.12. The van der Waals surface area contributed by atoms with E-state index in [-0.39, 0.29) is 18.1 Å². The lowest BCUT2D eigenvalue weighted by atomic mass is 10.1. The quantitative estimate of drug-likeness (QED) is 0.744. The van der Waals surface area contributed by atoms with E-state index in [1.54, 1.807) is 31.3 Å². The van der Waals surface area contributed by atoms with E-state index in [1.807, 2.05) is 0 Å². The highest BCUT2D eigenvalue weighted by Crippen LogP contribution is 2.24. The molecule has 0 aliphatic heterocycles. The lowest BCUT2D eigenvalue weighted by molar-refractivity contribution is 0.0991. The highest BCUT2D eigenvalue weighted by molar-refractivity contribution is 5.90. The van der Waals surface area contributed by atoms with Crippen LogP contribution in [0.4, 0.5) is 10.3 Å². The fourth-order valence-corrected chi connectivity index (χ4v) is 2.13. The highest BCUT2D eigenvalue weighted by Gasteiger charge is 2.12.